The lowest BCUT2D eigenvalue weighted by Crippen LogP contribution is -2.12. The highest BCUT2D eigenvalue weighted by Crippen LogP contribution is 2.30. The molecule has 4 nitrogen and oxygen atoms in total. The van der Waals surface area contributed by atoms with E-state index in [1.54, 1.807) is 30.0 Å². The Morgan fingerprint density at radius 1 is 1.23 bits per heavy atom. The molecule has 2 aromatic rings. The second kappa shape index (κ2) is 6.19. The van der Waals surface area contributed by atoms with Gasteiger partial charge in [0.15, 0.2) is 0 Å². The number of halogens is 1. The molecule has 0 aromatic heterocycles. The van der Waals surface area contributed by atoms with Crippen LogP contribution in [0.15, 0.2) is 52.5 Å². The summed E-state index contributed by atoms with van der Waals surface area (Å²) < 4.78 is 13.4. The first kappa shape index (κ1) is 14.6. The lowest BCUT2D eigenvalue weighted by Gasteiger charge is -2.17. The summed E-state index contributed by atoms with van der Waals surface area (Å²) in [5, 5.41) is 13.2. The van der Waals surface area contributed by atoms with Gasteiger partial charge in [-0.3, -0.25) is 5.43 Å². The Kier molecular flexibility index (Phi) is 4.11. The number of anilines is 1. The molecule has 0 amide bonds. The van der Waals surface area contributed by atoms with Crippen LogP contribution in [0.3, 0.4) is 0 Å². The molecular formula is C16H13FN2O2S. The molecule has 0 radical (unpaired) electrons. The molecule has 0 bridgehead atoms. The van der Waals surface area contributed by atoms with Gasteiger partial charge in [0, 0.05) is 22.6 Å². The monoisotopic (exact) mass is 316 g/mol. The number of nitrogens with one attached hydrogen (secondary N) is 1. The fourth-order valence-corrected chi connectivity index (χ4v) is 3.19. The zero-order chi connectivity index (χ0) is 15.5. The molecule has 1 aliphatic rings. The third-order valence-corrected chi connectivity index (χ3v) is 4.38. The number of rotatable bonds is 3. The van der Waals surface area contributed by atoms with Gasteiger partial charge in [-0.15, -0.1) is 11.8 Å². The number of hydrogen-bond donors (Lipinski definition) is 2. The molecule has 2 aromatic carbocycles. The van der Waals surface area contributed by atoms with Gasteiger partial charge in [0.25, 0.3) is 0 Å². The van der Waals surface area contributed by atoms with Crippen molar-refractivity contribution in [1.82, 2.24) is 0 Å². The lowest BCUT2D eigenvalue weighted by molar-refractivity contribution is 0.0697. The zero-order valence-electron chi connectivity index (χ0n) is 11.5. The van der Waals surface area contributed by atoms with Gasteiger partial charge in [0.1, 0.15) is 5.82 Å². The summed E-state index contributed by atoms with van der Waals surface area (Å²) in [5.41, 5.74) is 5.43. The van der Waals surface area contributed by atoms with Gasteiger partial charge in [-0.2, -0.15) is 5.10 Å². The van der Waals surface area contributed by atoms with Crippen LogP contribution < -0.4 is 5.43 Å². The molecule has 6 heteroatoms. The first-order chi connectivity index (χ1) is 10.6. The maximum absolute atomic E-state index is 13.4. The Balaban J connectivity index is 1.82. The molecule has 0 atom stereocenters. The third kappa shape index (κ3) is 3.12. The maximum Gasteiger partial charge on any atom is 0.335 e. The second-order valence-corrected chi connectivity index (χ2v) is 5.93. The van der Waals surface area contributed by atoms with Gasteiger partial charge in [0.2, 0.25) is 0 Å². The topological polar surface area (TPSA) is 61.7 Å². The van der Waals surface area contributed by atoms with E-state index in [1.807, 2.05) is 0 Å². The summed E-state index contributed by atoms with van der Waals surface area (Å²) in [5.74, 6) is -0.344. The number of hydrogen-bond acceptors (Lipinski definition) is 4. The summed E-state index contributed by atoms with van der Waals surface area (Å²) in [6, 6.07) is 11.0. The minimum absolute atomic E-state index is 0.222. The molecule has 0 aliphatic carbocycles. The van der Waals surface area contributed by atoms with Gasteiger partial charge in [-0.1, -0.05) is 0 Å². The van der Waals surface area contributed by atoms with Gasteiger partial charge >= 0.3 is 5.97 Å². The lowest BCUT2D eigenvalue weighted by atomic mass is 10.1. The summed E-state index contributed by atoms with van der Waals surface area (Å²) >= 11 is 1.69. The standard InChI is InChI=1S/C16H13FN2O2S/c17-11-3-6-15-13(9-11)14(7-8-22-15)19-18-12-4-1-10(2-5-12)16(20)21/h1-6,9,18H,7-8H2,(H,20,21). The molecule has 112 valence electrons. The van der Waals surface area contributed by atoms with Gasteiger partial charge in [-0.05, 0) is 42.5 Å². The largest absolute Gasteiger partial charge is 0.478 e. The third-order valence-electron chi connectivity index (χ3n) is 3.30. The van der Waals surface area contributed by atoms with E-state index in [0.717, 1.165) is 28.3 Å². The van der Waals surface area contributed by atoms with E-state index < -0.39 is 5.97 Å². The van der Waals surface area contributed by atoms with Crippen LogP contribution in [-0.2, 0) is 0 Å². The molecule has 3 rings (SSSR count). The van der Waals surface area contributed by atoms with E-state index in [0.29, 0.717) is 5.69 Å². The minimum Gasteiger partial charge on any atom is -0.478 e. The first-order valence-corrected chi connectivity index (χ1v) is 7.71. The van der Waals surface area contributed by atoms with Crippen LogP contribution in [0.25, 0.3) is 0 Å². The average molecular weight is 316 g/mol. The number of carboxylic acid groups (broad SMARTS) is 1. The number of carboxylic acids is 1. The molecule has 22 heavy (non-hydrogen) atoms. The first-order valence-electron chi connectivity index (χ1n) is 6.72. The van der Waals surface area contributed by atoms with E-state index in [2.05, 4.69) is 10.5 Å². The second-order valence-electron chi connectivity index (χ2n) is 4.79. The molecule has 0 unspecified atom stereocenters. The molecule has 2 N–H and O–H groups in total. The Labute approximate surface area is 131 Å². The molecule has 0 saturated heterocycles. The van der Waals surface area contributed by atoms with Crippen LogP contribution >= 0.6 is 11.8 Å². The number of hydrazone groups is 1. The van der Waals surface area contributed by atoms with Gasteiger partial charge in [-0.25, -0.2) is 9.18 Å². The quantitative estimate of drug-likeness (QED) is 0.845. The van der Waals surface area contributed by atoms with Crippen LogP contribution in [-0.4, -0.2) is 22.5 Å². The Morgan fingerprint density at radius 3 is 2.73 bits per heavy atom. The highest BCUT2D eigenvalue weighted by Gasteiger charge is 2.16. The predicted octanol–water partition coefficient (Wildman–Crippen LogP) is 3.84. The van der Waals surface area contributed by atoms with Gasteiger partial charge < -0.3 is 5.11 Å². The van der Waals surface area contributed by atoms with Crippen molar-refractivity contribution in [2.45, 2.75) is 11.3 Å². The number of benzene rings is 2. The predicted molar refractivity (Wildman–Crippen MR) is 85.3 cm³/mol. The van der Waals surface area contributed by atoms with Crippen molar-refractivity contribution < 1.29 is 14.3 Å². The number of carbonyl (C=O) groups is 1. The summed E-state index contributed by atoms with van der Waals surface area (Å²) in [6.45, 7) is 0. The Morgan fingerprint density at radius 2 is 2.00 bits per heavy atom. The van der Waals surface area contributed by atoms with Crippen molar-refractivity contribution in [1.29, 1.82) is 0 Å². The Bertz CT molecular complexity index is 744. The van der Waals surface area contributed by atoms with Crippen molar-refractivity contribution in [3.63, 3.8) is 0 Å². The number of nitrogens with zero attached hydrogens (tertiary/aromatic N) is 1. The molecule has 1 heterocycles. The van der Waals surface area contributed by atoms with E-state index >= 15 is 0 Å². The van der Waals surface area contributed by atoms with Crippen LogP contribution in [0.4, 0.5) is 10.1 Å². The van der Waals surface area contributed by atoms with E-state index in [-0.39, 0.29) is 11.4 Å². The Hall–Kier alpha value is -2.34. The molecule has 1 aliphatic heterocycles. The van der Waals surface area contributed by atoms with Crippen molar-refractivity contribution in [2.24, 2.45) is 5.10 Å². The van der Waals surface area contributed by atoms with Crippen LogP contribution in [0.1, 0.15) is 22.3 Å². The summed E-state index contributed by atoms with van der Waals surface area (Å²) in [4.78, 5) is 11.8. The summed E-state index contributed by atoms with van der Waals surface area (Å²) in [7, 11) is 0. The molecule has 0 saturated carbocycles. The van der Waals surface area contributed by atoms with Crippen LogP contribution in [0.2, 0.25) is 0 Å². The smallest absolute Gasteiger partial charge is 0.335 e. The average Bonchev–Trinajstić information content (AvgIpc) is 2.53. The fourth-order valence-electron chi connectivity index (χ4n) is 2.18. The van der Waals surface area contributed by atoms with Crippen molar-refractivity contribution in [2.75, 3.05) is 11.2 Å². The van der Waals surface area contributed by atoms with Crippen molar-refractivity contribution >= 4 is 29.1 Å². The number of thioether (sulfide) groups is 1. The normalized spacial score (nSPS) is 15.4. The van der Waals surface area contributed by atoms with E-state index in [4.69, 9.17) is 5.11 Å². The van der Waals surface area contributed by atoms with Crippen molar-refractivity contribution in [3.8, 4) is 0 Å². The van der Waals surface area contributed by atoms with Crippen molar-refractivity contribution in [3.05, 3.63) is 59.4 Å². The zero-order valence-corrected chi connectivity index (χ0v) is 12.4. The summed E-state index contributed by atoms with van der Waals surface area (Å²) in [6.07, 6.45) is 0.751. The fraction of sp³-hybridized carbons (Fsp3) is 0.125. The molecular weight excluding hydrogens is 303 g/mol. The van der Waals surface area contributed by atoms with E-state index in [9.17, 15) is 9.18 Å². The highest BCUT2D eigenvalue weighted by atomic mass is 32.2. The highest BCUT2D eigenvalue weighted by molar-refractivity contribution is 7.99. The minimum atomic E-state index is -0.966. The van der Waals surface area contributed by atoms with Gasteiger partial charge in [0.05, 0.1) is 17.0 Å². The number of aromatic carboxylic acids is 1. The maximum atomic E-state index is 13.4. The molecule has 0 fully saturated rings. The van der Waals surface area contributed by atoms with Crippen LogP contribution in [0, 0.1) is 5.82 Å². The SMILES string of the molecule is O=C(O)c1ccc(NN=C2CCSc3ccc(F)cc32)cc1. The number of fused-ring (bicyclic) bond motifs is 1. The van der Waals surface area contributed by atoms with E-state index in [1.165, 1.54) is 24.3 Å². The molecule has 0 spiro atoms. The van der Waals surface area contributed by atoms with Crippen LogP contribution in [0.5, 0.6) is 0 Å².